The van der Waals surface area contributed by atoms with Gasteiger partial charge < -0.3 is 15.1 Å². The summed E-state index contributed by atoms with van der Waals surface area (Å²) in [5.41, 5.74) is 1.38. The first-order chi connectivity index (χ1) is 11.6. The molecule has 1 aromatic rings. The number of aromatic nitrogens is 2. The van der Waals surface area contributed by atoms with Gasteiger partial charge in [-0.05, 0) is 65.4 Å². The molecule has 3 rings (SSSR count). The average Bonchev–Trinajstić information content (AvgIpc) is 3.07. The smallest absolute Gasteiger partial charge is 0.270 e. The van der Waals surface area contributed by atoms with E-state index in [1.165, 1.54) is 12.8 Å². The number of hydrogen-bond donors (Lipinski definition) is 1. The molecule has 0 aromatic carbocycles. The van der Waals surface area contributed by atoms with E-state index in [1.807, 2.05) is 6.92 Å². The maximum absolute atomic E-state index is 12.4. The van der Waals surface area contributed by atoms with E-state index in [1.54, 1.807) is 6.07 Å². The van der Waals surface area contributed by atoms with Gasteiger partial charge in [-0.2, -0.15) is 0 Å². The van der Waals surface area contributed by atoms with Crippen LogP contribution in [0.25, 0.3) is 0 Å². The molecule has 1 amide bonds. The Morgan fingerprint density at radius 1 is 1.25 bits per heavy atom. The van der Waals surface area contributed by atoms with Gasteiger partial charge in [-0.1, -0.05) is 0 Å². The number of nitrogens with zero attached hydrogens (tertiary/aromatic N) is 4. The van der Waals surface area contributed by atoms with E-state index in [4.69, 9.17) is 0 Å². The molecule has 0 spiro atoms. The summed E-state index contributed by atoms with van der Waals surface area (Å²) in [6, 6.07) is 1.79. The van der Waals surface area contributed by atoms with E-state index >= 15 is 0 Å². The third kappa shape index (κ3) is 4.51. The Labute approximate surface area is 144 Å². The van der Waals surface area contributed by atoms with E-state index in [-0.39, 0.29) is 5.91 Å². The lowest BCUT2D eigenvalue weighted by atomic mass is 9.97. The van der Waals surface area contributed by atoms with Crippen LogP contribution < -0.4 is 5.32 Å². The predicted octanol–water partition coefficient (Wildman–Crippen LogP) is 1.42. The summed E-state index contributed by atoms with van der Waals surface area (Å²) in [5, 5.41) is 3.01. The molecule has 0 saturated carbocycles. The van der Waals surface area contributed by atoms with Crippen LogP contribution in [0.15, 0.2) is 6.07 Å². The second kappa shape index (κ2) is 8.03. The predicted molar refractivity (Wildman–Crippen MR) is 94.2 cm³/mol. The highest BCUT2D eigenvalue weighted by Crippen LogP contribution is 2.23. The van der Waals surface area contributed by atoms with Crippen molar-refractivity contribution in [2.45, 2.75) is 38.5 Å². The van der Waals surface area contributed by atoms with Crippen molar-refractivity contribution in [2.24, 2.45) is 0 Å². The lowest BCUT2D eigenvalue weighted by molar-refractivity contribution is 0.0944. The van der Waals surface area contributed by atoms with Gasteiger partial charge in [0.1, 0.15) is 11.5 Å². The van der Waals surface area contributed by atoms with Crippen molar-refractivity contribution in [3.63, 3.8) is 0 Å². The van der Waals surface area contributed by atoms with Crippen LogP contribution in [0.5, 0.6) is 0 Å². The fourth-order valence-electron chi connectivity index (χ4n) is 3.69. The minimum atomic E-state index is -0.0786. The molecule has 1 N–H and O–H groups in total. The monoisotopic (exact) mass is 331 g/mol. The zero-order valence-electron chi connectivity index (χ0n) is 14.9. The number of likely N-dealkylation sites (tertiary alicyclic amines) is 2. The molecule has 0 unspecified atom stereocenters. The standard InChI is InChI=1S/C18H29N5O/c1-14-12-16(18(24)19-7-11-23-9-3-4-10-23)21-17(20-14)15-6-5-8-22(2)13-15/h12,15H,3-11,13H2,1-2H3,(H,19,24)/t15-/m0/s1. The number of likely N-dealkylation sites (N-methyl/N-ethyl adjacent to an activating group) is 1. The highest BCUT2D eigenvalue weighted by atomic mass is 16.1. The van der Waals surface area contributed by atoms with Gasteiger partial charge in [0.25, 0.3) is 5.91 Å². The Bertz CT molecular complexity index is 571. The summed E-state index contributed by atoms with van der Waals surface area (Å²) in [6.07, 6.45) is 4.82. The lowest BCUT2D eigenvalue weighted by Crippen LogP contribution is -2.35. The molecule has 1 atom stereocenters. The molecule has 2 aliphatic heterocycles. The van der Waals surface area contributed by atoms with Crippen LogP contribution in [0.1, 0.15) is 53.6 Å². The molecule has 2 saturated heterocycles. The summed E-state index contributed by atoms with van der Waals surface area (Å²) in [7, 11) is 2.13. The van der Waals surface area contributed by atoms with Gasteiger partial charge in [0.15, 0.2) is 0 Å². The fourth-order valence-corrected chi connectivity index (χ4v) is 3.69. The highest BCUT2D eigenvalue weighted by Gasteiger charge is 2.23. The summed E-state index contributed by atoms with van der Waals surface area (Å²) < 4.78 is 0. The van der Waals surface area contributed by atoms with E-state index in [0.29, 0.717) is 18.2 Å². The Hall–Kier alpha value is -1.53. The summed E-state index contributed by atoms with van der Waals surface area (Å²) in [6.45, 7) is 7.97. The zero-order valence-corrected chi connectivity index (χ0v) is 14.9. The quantitative estimate of drug-likeness (QED) is 0.884. The number of rotatable bonds is 5. The van der Waals surface area contributed by atoms with Crippen LogP contribution in [0.2, 0.25) is 0 Å². The fraction of sp³-hybridized carbons (Fsp3) is 0.722. The SMILES string of the molecule is Cc1cc(C(=O)NCCN2CCCC2)nc([C@H]2CCCN(C)C2)n1. The molecule has 0 radical (unpaired) electrons. The molecule has 1 aromatic heterocycles. The molecule has 2 aliphatic rings. The zero-order chi connectivity index (χ0) is 16.9. The van der Waals surface area contributed by atoms with Crippen LogP contribution in [-0.2, 0) is 0 Å². The Kier molecular flexibility index (Phi) is 5.79. The summed E-state index contributed by atoms with van der Waals surface area (Å²) in [5.74, 6) is 1.08. The Morgan fingerprint density at radius 2 is 2.04 bits per heavy atom. The topological polar surface area (TPSA) is 61.4 Å². The normalized spacial score (nSPS) is 22.7. The Balaban J connectivity index is 1.60. The number of piperidine rings is 1. The third-order valence-corrected chi connectivity index (χ3v) is 5.01. The summed E-state index contributed by atoms with van der Waals surface area (Å²) in [4.78, 5) is 26.3. The van der Waals surface area contributed by atoms with Gasteiger partial charge in [-0.15, -0.1) is 0 Å². The average molecular weight is 331 g/mol. The van der Waals surface area contributed by atoms with Crippen LogP contribution in [0.3, 0.4) is 0 Å². The second-order valence-corrected chi connectivity index (χ2v) is 7.16. The van der Waals surface area contributed by atoms with Gasteiger partial charge in [-0.25, -0.2) is 9.97 Å². The Morgan fingerprint density at radius 3 is 2.79 bits per heavy atom. The van der Waals surface area contributed by atoms with Gasteiger partial charge in [0, 0.05) is 31.2 Å². The minimum absolute atomic E-state index is 0.0786. The molecule has 2 fully saturated rings. The number of amides is 1. The van der Waals surface area contributed by atoms with Gasteiger partial charge >= 0.3 is 0 Å². The molecule has 0 aliphatic carbocycles. The number of nitrogens with one attached hydrogen (secondary N) is 1. The molecule has 3 heterocycles. The maximum atomic E-state index is 12.4. The van der Waals surface area contributed by atoms with E-state index in [9.17, 15) is 4.79 Å². The van der Waals surface area contributed by atoms with Crippen molar-refractivity contribution in [3.8, 4) is 0 Å². The molecule has 6 nitrogen and oxygen atoms in total. The van der Waals surface area contributed by atoms with Crippen molar-refractivity contribution in [2.75, 3.05) is 46.3 Å². The molecular formula is C18H29N5O. The largest absolute Gasteiger partial charge is 0.349 e. The third-order valence-electron chi connectivity index (χ3n) is 5.01. The number of carbonyl (C=O) groups is 1. The van der Waals surface area contributed by atoms with Crippen molar-refractivity contribution >= 4 is 5.91 Å². The second-order valence-electron chi connectivity index (χ2n) is 7.16. The van der Waals surface area contributed by atoms with Crippen molar-refractivity contribution in [1.29, 1.82) is 0 Å². The minimum Gasteiger partial charge on any atom is -0.349 e. The van der Waals surface area contributed by atoms with E-state index in [2.05, 4.69) is 32.1 Å². The van der Waals surface area contributed by atoms with Crippen molar-refractivity contribution < 1.29 is 4.79 Å². The first kappa shape index (κ1) is 17.3. The van der Waals surface area contributed by atoms with Crippen LogP contribution in [-0.4, -0.2) is 72.0 Å². The molecule has 6 heteroatoms. The van der Waals surface area contributed by atoms with Crippen molar-refractivity contribution in [1.82, 2.24) is 25.1 Å². The van der Waals surface area contributed by atoms with Crippen LogP contribution in [0.4, 0.5) is 0 Å². The summed E-state index contributed by atoms with van der Waals surface area (Å²) >= 11 is 0. The van der Waals surface area contributed by atoms with Gasteiger partial charge in [0.05, 0.1) is 0 Å². The number of aryl methyl sites for hydroxylation is 1. The van der Waals surface area contributed by atoms with Crippen LogP contribution >= 0.6 is 0 Å². The van der Waals surface area contributed by atoms with Gasteiger partial charge in [0.2, 0.25) is 0 Å². The molecule has 132 valence electrons. The van der Waals surface area contributed by atoms with E-state index < -0.39 is 0 Å². The lowest BCUT2D eigenvalue weighted by Gasteiger charge is -2.28. The van der Waals surface area contributed by atoms with E-state index in [0.717, 1.165) is 57.1 Å². The number of carbonyl (C=O) groups excluding carboxylic acids is 1. The maximum Gasteiger partial charge on any atom is 0.270 e. The molecule has 24 heavy (non-hydrogen) atoms. The van der Waals surface area contributed by atoms with Crippen molar-refractivity contribution in [3.05, 3.63) is 23.3 Å². The number of hydrogen-bond acceptors (Lipinski definition) is 5. The molecule has 0 bridgehead atoms. The van der Waals surface area contributed by atoms with Gasteiger partial charge in [-0.3, -0.25) is 4.79 Å². The first-order valence-electron chi connectivity index (χ1n) is 9.16. The first-order valence-corrected chi connectivity index (χ1v) is 9.16. The highest BCUT2D eigenvalue weighted by molar-refractivity contribution is 5.92. The van der Waals surface area contributed by atoms with Crippen LogP contribution in [0, 0.1) is 6.92 Å². The molecular weight excluding hydrogens is 302 g/mol.